The van der Waals surface area contributed by atoms with Crippen molar-refractivity contribution in [1.82, 2.24) is 24.8 Å². The first-order valence-corrected chi connectivity index (χ1v) is 8.74. The number of fused-ring (bicyclic) bond motifs is 3. The number of pyridine rings is 1. The highest BCUT2D eigenvalue weighted by Crippen LogP contribution is 2.29. The molecule has 1 atom stereocenters. The van der Waals surface area contributed by atoms with Crippen molar-refractivity contribution in [2.45, 2.75) is 13.0 Å². The number of aromatic amines is 1. The first-order chi connectivity index (χ1) is 13.1. The van der Waals surface area contributed by atoms with Gasteiger partial charge in [-0.15, -0.1) is 0 Å². The fraction of sp³-hybridized carbons (Fsp3) is 0.250. The number of hydrogen-bond acceptors (Lipinski definition) is 4. The fourth-order valence-corrected chi connectivity index (χ4v) is 3.35. The molecule has 27 heavy (non-hydrogen) atoms. The average Bonchev–Trinajstić information content (AvgIpc) is 3.25. The van der Waals surface area contributed by atoms with Gasteiger partial charge in [-0.1, -0.05) is 18.2 Å². The lowest BCUT2D eigenvalue weighted by molar-refractivity contribution is -0.125. The van der Waals surface area contributed by atoms with Crippen LogP contribution in [0.5, 0.6) is 0 Å². The Bertz CT molecular complexity index is 1130. The molecule has 0 bridgehead atoms. The molecule has 0 aliphatic carbocycles. The molecule has 0 fully saturated rings. The summed E-state index contributed by atoms with van der Waals surface area (Å²) < 4.78 is 6.87. The number of carbonyl (C=O) groups excluding carboxylic acids is 1. The van der Waals surface area contributed by atoms with Crippen LogP contribution in [-0.2, 0) is 16.6 Å². The van der Waals surface area contributed by atoms with Gasteiger partial charge < -0.3 is 19.6 Å². The van der Waals surface area contributed by atoms with Crippen molar-refractivity contribution in [3.8, 4) is 11.3 Å². The van der Waals surface area contributed by atoms with Crippen LogP contribution in [0.3, 0.4) is 0 Å². The van der Waals surface area contributed by atoms with Gasteiger partial charge in [-0.2, -0.15) is 0 Å². The maximum atomic E-state index is 11.8. The lowest BCUT2D eigenvalue weighted by Gasteiger charge is -2.15. The molecule has 0 radical (unpaired) electrons. The number of imidazole rings is 1. The standard InChI is InChI=1S/C20H21N5O2/c1-12(23-18(26)10-27-3)13-5-4-6-14(7-13)16-8-15-19-17(22-11-25(19)2)9-21-20(15)24-16/h4-9,11-12H,10H2,1-3H3,(H,21,24)(H,23,26). The van der Waals surface area contributed by atoms with Crippen LogP contribution in [0, 0.1) is 0 Å². The third kappa shape index (κ3) is 3.17. The van der Waals surface area contributed by atoms with Crippen molar-refractivity contribution < 1.29 is 9.53 Å². The minimum absolute atomic E-state index is 0.0540. The van der Waals surface area contributed by atoms with Crippen molar-refractivity contribution in [1.29, 1.82) is 0 Å². The fourth-order valence-electron chi connectivity index (χ4n) is 3.35. The summed E-state index contributed by atoms with van der Waals surface area (Å²) >= 11 is 0. The molecule has 138 valence electrons. The van der Waals surface area contributed by atoms with Crippen LogP contribution >= 0.6 is 0 Å². The van der Waals surface area contributed by atoms with Gasteiger partial charge >= 0.3 is 0 Å². The first kappa shape index (κ1) is 17.2. The molecule has 3 heterocycles. The largest absolute Gasteiger partial charge is 0.375 e. The van der Waals surface area contributed by atoms with E-state index < -0.39 is 0 Å². The second-order valence-electron chi connectivity index (χ2n) is 6.64. The Balaban J connectivity index is 1.70. The summed E-state index contributed by atoms with van der Waals surface area (Å²) in [4.78, 5) is 24.0. The third-order valence-electron chi connectivity index (χ3n) is 4.68. The van der Waals surface area contributed by atoms with Crippen LogP contribution in [0.1, 0.15) is 18.5 Å². The Kier molecular flexibility index (Phi) is 4.37. The molecule has 4 rings (SSSR count). The second kappa shape index (κ2) is 6.85. The van der Waals surface area contributed by atoms with Gasteiger partial charge in [-0.05, 0) is 30.2 Å². The number of carbonyl (C=O) groups is 1. The van der Waals surface area contributed by atoms with Crippen LogP contribution in [0.25, 0.3) is 33.3 Å². The molecule has 3 aromatic heterocycles. The van der Waals surface area contributed by atoms with Crippen LogP contribution in [0.4, 0.5) is 0 Å². The molecule has 2 N–H and O–H groups in total. The minimum Gasteiger partial charge on any atom is -0.375 e. The maximum absolute atomic E-state index is 11.8. The van der Waals surface area contributed by atoms with E-state index in [0.717, 1.165) is 38.9 Å². The van der Waals surface area contributed by atoms with E-state index in [4.69, 9.17) is 4.74 Å². The highest BCUT2D eigenvalue weighted by molar-refractivity contribution is 6.03. The zero-order valence-electron chi connectivity index (χ0n) is 15.5. The number of amides is 1. The first-order valence-electron chi connectivity index (χ1n) is 8.74. The Morgan fingerprint density at radius 1 is 1.33 bits per heavy atom. The topological polar surface area (TPSA) is 84.8 Å². The Labute approximate surface area is 156 Å². The predicted molar refractivity (Wildman–Crippen MR) is 104 cm³/mol. The minimum atomic E-state index is -0.135. The van der Waals surface area contributed by atoms with Crippen molar-refractivity contribution >= 4 is 28.0 Å². The normalized spacial score (nSPS) is 12.6. The number of benzene rings is 1. The molecule has 0 saturated carbocycles. The Hall–Kier alpha value is -3.19. The van der Waals surface area contributed by atoms with Crippen molar-refractivity contribution in [2.75, 3.05) is 13.7 Å². The van der Waals surface area contributed by atoms with E-state index in [1.54, 1.807) is 12.5 Å². The van der Waals surface area contributed by atoms with Crippen LogP contribution in [0.2, 0.25) is 0 Å². The molecule has 0 aliphatic rings. The SMILES string of the molecule is COCC(=O)NC(C)c1cccc(-c2cc3c(ncc4ncn(C)c43)[nH]2)c1. The molecule has 1 amide bonds. The number of nitrogens with zero attached hydrogens (tertiary/aromatic N) is 3. The lowest BCUT2D eigenvalue weighted by Crippen LogP contribution is -2.29. The number of ether oxygens (including phenoxy) is 1. The van der Waals surface area contributed by atoms with Crippen LogP contribution < -0.4 is 5.32 Å². The van der Waals surface area contributed by atoms with E-state index in [1.807, 2.05) is 36.7 Å². The summed E-state index contributed by atoms with van der Waals surface area (Å²) in [6.07, 6.45) is 3.57. The van der Waals surface area contributed by atoms with Gasteiger partial charge in [0.1, 0.15) is 17.8 Å². The van der Waals surface area contributed by atoms with E-state index in [-0.39, 0.29) is 18.6 Å². The van der Waals surface area contributed by atoms with Crippen molar-refractivity contribution in [3.05, 3.63) is 48.4 Å². The summed E-state index contributed by atoms with van der Waals surface area (Å²) in [7, 11) is 3.49. The number of nitrogens with one attached hydrogen (secondary N) is 2. The van der Waals surface area contributed by atoms with E-state index >= 15 is 0 Å². The summed E-state index contributed by atoms with van der Waals surface area (Å²) in [6, 6.07) is 10.1. The van der Waals surface area contributed by atoms with Gasteiger partial charge in [0.05, 0.1) is 24.1 Å². The molecule has 7 heteroatoms. The molecule has 0 saturated heterocycles. The third-order valence-corrected chi connectivity index (χ3v) is 4.68. The molecule has 7 nitrogen and oxygen atoms in total. The molecule has 1 aromatic carbocycles. The van der Waals surface area contributed by atoms with Gasteiger partial charge in [0.25, 0.3) is 0 Å². The molecular formula is C20H21N5O2. The van der Waals surface area contributed by atoms with E-state index in [0.29, 0.717) is 0 Å². The van der Waals surface area contributed by atoms with Gasteiger partial charge in [0.2, 0.25) is 5.91 Å². The average molecular weight is 363 g/mol. The molecule has 1 unspecified atom stereocenters. The number of H-pyrrole nitrogens is 1. The second-order valence-corrected chi connectivity index (χ2v) is 6.64. The Morgan fingerprint density at radius 3 is 3.00 bits per heavy atom. The van der Waals surface area contributed by atoms with Gasteiger partial charge in [-0.3, -0.25) is 4.79 Å². The molecule has 0 spiro atoms. The van der Waals surface area contributed by atoms with Gasteiger partial charge in [0, 0.05) is 25.2 Å². The van der Waals surface area contributed by atoms with Crippen molar-refractivity contribution in [2.24, 2.45) is 7.05 Å². The Morgan fingerprint density at radius 2 is 2.19 bits per heavy atom. The zero-order chi connectivity index (χ0) is 19.0. The summed E-state index contributed by atoms with van der Waals surface area (Å²) in [5, 5.41) is 3.97. The quantitative estimate of drug-likeness (QED) is 0.571. The predicted octanol–water partition coefficient (Wildman–Crippen LogP) is 2.94. The summed E-state index contributed by atoms with van der Waals surface area (Å²) in [5.74, 6) is -0.135. The number of hydrogen-bond donors (Lipinski definition) is 2. The van der Waals surface area contributed by atoms with E-state index in [9.17, 15) is 4.79 Å². The van der Waals surface area contributed by atoms with Gasteiger partial charge in [0.15, 0.2) is 0 Å². The smallest absolute Gasteiger partial charge is 0.246 e. The molecule has 0 aliphatic heterocycles. The number of aryl methyl sites for hydroxylation is 1. The van der Waals surface area contributed by atoms with Crippen molar-refractivity contribution in [3.63, 3.8) is 0 Å². The number of methoxy groups -OCH3 is 1. The number of rotatable bonds is 5. The highest BCUT2D eigenvalue weighted by Gasteiger charge is 2.13. The monoisotopic (exact) mass is 363 g/mol. The van der Waals surface area contributed by atoms with Gasteiger partial charge in [-0.25, -0.2) is 9.97 Å². The molecule has 4 aromatic rings. The maximum Gasteiger partial charge on any atom is 0.246 e. The van der Waals surface area contributed by atoms with E-state index in [1.165, 1.54) is 7.11 Å². The highest BCUT2D eigenvalue weighted by atomic mass is 16.5. The summed E-state index contributed by atoms with van der Waals surface area (Å²) in [5.41, 5.74) is 5.79. The number of aromatic nitrogens is 4. The van der Waals surface area contributed by atoms with E-state index in [2.05, 4.69) is 32.4 Å². The molecular weight excluding hydrogens is 342 g/mol. The van der Waals surface area contributed by atoms with Crippen LogP contribution in [0.15, 0.2) is 42.9 Å². The van der Waals surface area contributed by atoms with Crippen LogP contribution in [-0.4, -0.2) is 39.1 Å². The zero-order valence-corrected chi connectivity index (χ0v) is 15.5. The summed E-state index contributed by atoms with van der Waals surface area (Å²) in [6.45, 7) is 2.01. The lowest BCUT2D eigenvalue weighted by atomic mass is 10.0.